The van der Waals surface area contributed by atoms with E-state index in [4.69, 9.17) is 18.1 Å². The van der Waals surface area contributed by atoms with Gasteiger partial charge in [-0.25, -0.2) is 0 Å². The van der Waals surface area contributed by atoms with Crippen molar-refractivity contribution >= 4 is 13.6 Å². The molecule has 2 aromatic rings. The predicted octanol–water partition coefficient (Wildman–Crippen LogP) is 3.84. The van der Waals surface area contributed by atoms with Gasteiger partial charge in [-0.05, 0) is 0 Å². The molecule has 0 bridgehead atoms. The van der Waals surface area contributed by atoms with Crippen molar-refractivity contribution < 1.29 is 22.9 Å². The van der Waals surface area contributed by atoms with Gasteiger partial charge in [0.05, 0.1) is 0 Å². The Morgan fingerprint density at radius 2 is 1.54 bits per heavy atom. The normalized spacial score (nSPS) is 24.4. The van der Waals surface area contributed by atoms with Gasteiger partial charge in [0.2, 0.25) is 0 Å². The van der Waals surface area contributed by atoms with Gasteiger partial charge in [0, 0.05) is 0 Å². The summed E-state index contributed by atoms with van der Waals surface area (Å²) in [5.41, 5.74) is 0. The van der Waals surface area contributed by atoms with Crippen LogP contribution < -0.4 is 18.7 Å². The second-order valence-corrected chi connectivity index (χ2v) is 8.72. The molecule has 1 fully saturated rings. The van der Waals surface area contributed by atoms with E-state index in [1.165, 1.54) is 0 Å². The Kier molecular flexibility index (Phi) is 3.24. The van der Waals surface area contributed by atoms with Crippen molar-refractivity contribution in [1.29, 1.82) is 0 Å². The van der Waals surface area contributed by atoms with Crippen LogP contribution in [0.2, 0.25) is 0 Å². The molecule has 2 aliphatic rings. The summed E-state index contributed by atoms with van der Waals surface area (Å²) in [6.07, 6.45) is 0. The van der Waals surface area contributed by atoms with Crippen molar-refractivity contribution in [2.45, 2.75) is 19.9 Å². The maximum absolute atomic E-state index is 12.4. The summed E-state index contributed by atoms with van der Waals surface area (Å²) in [4.78, 5) is 12.4. The first kappa shape index (κ1) is 15.2. The number of carbonyl (C=O) groups is 1. The Labute approximate surface area is 140 Å². The van der Waals surface area contributed by atoms with E-state index in [1.54, 1.807) is 24.3 Å². The number of rotatable bonds is 3. The number of para-hydroxylation sites is 3. The molecular formula is C17H18NO5P. The fourth-order valence-corrected chi connectivity index (χ4v) is 5.92. The summed E-state index contributed by atoms with van der Waals surface area (Å²) in [7, 11) is -4.35. The van der Waals surface area contributed by atoms with Crippen LogP contribution in [-0.4, -0.2) is 12.0 Å². The molecule has 7 heteroatoms. The number of carbonyl (C=O) groups excluding carboxylic acids is 1. The SMILES string of the molecule is CC(C)[C@H]1NP2(Oc3ccccc3)(OC1=O)Oc1ccccc1O2. The molecule has 24 heavy (non-hydrogen) atoms. The summed E-state index contributed by atoms with van der Waals surface area (Å²) in [6.45, 7) is 3.84. The standard InChI is InChI=1S/C17H18NO5P/c1-12(2)16-17(19)23-24(18-16,20-13-8-4-3-5-9-13)21-14-10-6-7-11-15(14)22-24/h3-12,16,18H,1-2H3/t16-/m1/s1. The molecule has 0 saturated carbocycles. The minimum atomic E-state index is -4.35. The number of nitrogens with one attached hydrogen (secondary N) is 1. The van der Waals surface area contributed by atoms with Gasteiger partial charge in [-0.1, -0.05) is 0 Å². The zero-order valence-electron chi connectivity index (χ0n) is 13.3. The van der Waals surface area contributed by atoms with E-state index in [0.29, 0.717) is 17.2 Å². The number of hydrogen-bond acceptors (Lipinski definition) is 6. The third-order valence-corrected chi connectivity index (χ3v) is 6.63. The number of benzene rings is 2. The van der Waals surface area contributed by atoms with E-state index in [1.807, 2.05) is 44.2 Å². The van der Waals surface area contributed by atoms with Crippen LogP contribution in [0.1, 0.15) is 13.8 Å². The molecule has 6 nitrogen and oxygen atoms in total. The van der Waals surface area contributed by atoms with Crippen LogP contribution in [0.3, 0.4) is 0 Å². The molecular weight excluding hydrogens is 329 g/mol. The fourth-order valence-electron chi connectivity index (χ4n) is 2.73. The van der Waals surface area contributed by atoms with Gasteiger partial charge in [-0.2, -0.15) is 0 Å². The predicted molar refractivity (Wildman–Crippen MR) is 89.5 cm³/mol. The van der Waals surface area contributed by atoms with Crippen LogP contribution in [0, 0.1) is 5.92 Å². The van der Waals surface area contributed by atoms with Crippen LogP contribution in [0.5, 0.6) is 17.2 Å². The molecule has 4 rings (SSSR count). The van der Waals surface area contributed by atoms with Gasteiger partial charge in [-0.3, -0.25) is 0 Å². The summed E-state index contributed by atoms with van der Waals surface area (Å²) in [5, 5.41) is 3.12. The van der Waals surface area contributed by atoms with E-state index in [-0.39, 0.29) is 5.92 Å². The molecule has 1 saturated heterocycles. The summed E-state index contributed by atoms with van der Waals surface area (Å²) < 4.78 is 23.8. The second-order valence-electron chi connectivity index (χ2n) is 6.11. The molecule has 1 spiro atoms. The summed E-state index contributed by atoms with van der Waals surface area (Å²) >= 11 is 0. The first-order valence-corrected chi connectivity index (χ1v) is 9.69. The average Bonchev–Trinajstić information content (AvgIpc) is 3.02. The van der Waals surface area contributed by atoms with Gasteiger partial charge in [0.25, 0.3) is 0 Å². The van der Waals surface area contributed by atoms with Crippen LogP contribution >= 0.6 is 7.66 Å². The van der Waals surface area contributed by atoms with Crippen LogP contribution in [0.15, 0.2) is 54.6 Å². The molecule has 0 amide bonds. The quantitative estimate of drug-likeness (QED) is 0.851. The van der Waals surface area contributed by atoms with Crippen molar-refractivity contribution in [3.63, 3.8) is 0 Å². The third-order valence-electron chi connectivity index (χ3n) is 3.88. The Bertz CT molecular complexity index is 770. The molecule has 126 valence electrons. The zero-order chi connectivity index (χ0) is 16.8. The molecule has 1 N–H and O–H groups in total. The van der Waals surface area contributed by atoms with Crippen molar-refractivity contribution in [1.82, 2.24) is 5.09 Å². The van der Waals surface area contributed by atoms with Gasteiger partial charge in [0.15, 0.2) is 0 Å². The Hall–Kier alpha value is -2.30. The van der Waals surface area contributed by atoms with Crippen molar-refractivity contribution in [2.75, 3.05) is 0 Å². The molecule has 1 atom stereocenters. The number of fused-ring (bicyclic) bond motifs is 1. The first-order chi connectivity index (χ1) is 11.5. The van der Waals surface area contributed by atoms with Gasteiger partial charge >= 0.3 is 139 Å². The van der Waals surface area contributed by atoms with E-state index < -0.39 is 19.7 Å². The van der Waals surface area contributed by atoms with Crippen molar-refractivity contribution in [3.8, 4) is 17.2 Å². The monoisotopic (exact) mass is 347 g/mol. The second kappa shape index (κ2) is 5.10. The summed E-state index contributed by atoms with van der Waals surface area (Å²) in [5.74, 6) is 1.01. The van der Waals surface area contributed by atoms with E-state index in [2.05, 4.69) is 5.09 Å². The van der Waals surface area contributed by atoms with Crippen LogP contribution in [0.25, 0.3) is 0 Å². The van der Waals surface area contributed by atoms with Crippen molar-refractivity contribution in [2.24, 2.45) is 5.92 Å². The van der Waals surface area contributed by atoms with Gasteiger partial charge in [0.1, 0.15) is 0 Å². The maximum atomic E-state index is 12.4. The van der Waals surface area contributed by atoms with E-state index in [0.717, 1.165) is 0 Å². The Morgan fingerprint density at radius 1 is 0.958 bits per heavy atom. The molecule has 2 aromatic carbocycles. The van der Waals surface area contributed by atoms with Crippen LogP contribution in [0.4, 0.5) is 0 Å². The topological polar surface area (TPSA) is 66.0 Å². The van der Waals surface area contributed by atoms with Crippen LogP contribution in [-0.2, 0) is 9.32 Å². The number of hydrogen-bond donors (Lipinski definition) is 1. The molecule has 0 unspecified atom stereocenters. The van der Waals surface area contributed by atoms with E-state index >= 15 is 0 Å². The average molecular weight is 347 g/mol. The summed E-state index contributed by atoms with van der Waals surface area (Å²) in [6, 6.07) is 15.6. The first-order valence-electron chi connectivity index (χ1n) is 7.78. The minimum absolute atomic E-state index is 0.00529. The third kappa shape index (κ3) is 2.30. The molecule has 2 aliphatic heterocycles. The molecule has 0 radical (unpaired) electrons. The molecule has 2 heterocycles. The fraction of sp³-hybridized carbons (Fsp3) is 0.235. The Morgan fingerprint density at radius 3 is 2.08 bits per heavy atom. The van der Waals surface area contributed by atoms with Gasteiger partial charge in [-0.15, -0.1) is 0 Å². The van der Waals surface area contributed by atoms with E-state index in [9.17, 15) is 4.79 Å². The zero-order valence-corrected chi connectivity index (χ0v) is 14.2. The Balaban J connectivity index is 1.79. The van der Waals surface area contributed by atoms with Gasteiger partial charge < -0.3 is 0 Å². The molecule has 0 aliphatic carbocycles. The molecule has 0 aromatic heterocycles. The van der Waals surface area contributed by atoms with Crippen molar-refractivity contribution in [3.05, 3.63) is 54.6 Å².